The van der Waals surface area contributed by atoms with E-state index in [-0.39, 0.29) is 11.9 Å². The fraction of sp³-hybridized carbons (Fsp3) is 0.588. The topological polar surface area (TPSA) is 53.6 Å². The van der Waals surface area contributed by atoms with E-state index in [2.05, 4.69) is 22.5 Å². The summed E-state index contributed by atoms with van der Waals surface area (Å²) in [6.45, 7) is 8.92. The van der Waals surface area contributed by atoms with Crippen LogP contribution in [0.2, 0.25) is 0 Å². The van der Waals surface area contributed by atoms with E-state index in [1.807, 2.05) is 31.2 Å². The van der Waals surface area contributed by atoms with Gasteiger partial charge < -0.3 is 15.4 Å². The summed E-state index contributed by atoms with van der Waals surface area (Å²) in [6.07, 6.45) is 0.845. The van der Waals surface area contributed by atoms with Gasteiger partial charge in [0, 0.05) is 31.7 Å². The number of carbonyl (C=O) groups excluding carboxylic acids is 1. The highest BCUT2D eigenvalue weighted by Crippen LogP contribution is 2.27. The molecule has 1 amide bonds. The Morgan fingerprint density at radius 1 is 1.32 bits per heavy atom. The monoisotopic (exact) mass is 305 g/mol. The summed E-state index contributed by atoms with van der Waals surface area (Å²) in [6, 6.07) is 7.94. The normalized spacial score (nSPS) is 17.0. The van der Waals surface area contributed by atoms with Crippen molar-refractivity contribution in [1.29, 1.82) is 0 Å². The van der Waals surface area contributed by atoms with Gasteiger partial charge >= 0.3 is 0 Å². The third-order valence-corrected chi connectivity index (χ3v) is 3.91. The number of piperazine rings is 1. The summed E-state index contributed by atoms with van der Waals surface area (Å²) in [5.74, 6) is 0.944. The highest BCUT2D eigenvalue weighted by molar-refractivity contribution is 5.78. The van der Waals surface area contributed by atoms with E-state index in [0.29, 0.717) is 13.2 Å². The van der Waals surface area contributed by atoms with Gasteiger partial charge in [-0.05, 0) is 19.4 Å². The second-order valence-corrected chi connectivity index (χ2v) is 5.53. The van der Waals surface area contributed by atoms with Crippen LogP contribution in [0.15, 0.2) is 24.3 Å². The summed E-state index contributed by atoms with van der Waals surface area (Å²) in [4.78, 5) is 14.5. The lowest BCUT2D eigenvalue weighted by Crippen LogP contribution is -2.47. The second kappa shape index (κ2) is 8.76. The lowest BCUT2D eigenvalue weighted by atomic mass is 10.0. The van der Waals surface area contributed by atoms with Gasteiger partial charge in [-0.15, -0.1) is 0 Å². The van der Waals surface area contributed by atoms with Gasteiger partial charge in [0.15, 0.2) is 0 Å². The molecule has 1 aromatic rings. The second-order valence-electron chi connectivity index (χ2n) is 5.53. The quantitative estimate of drug-likeness (QED) is 0.803. The predicted molar refractivity (Wildman–Crippen MR) is 88.1 cm³/mol. The van der Waals surface area contributed by atoms with Crippen molar-refractivity contribution in [3.63, 3.8) is 0 Å². The maximum absolute atomic E-state index is 12.3. The number of ether oxygens (including phenoxy) is 1. The van der Waals surface area contributed by atoms with Gasteiger partial charge in [0.05, 0.1) is 19.2 Å². The molecule has 1 heterocycles. The maximum Gasteiger partial charge on any atom is 0.234 e. The van der Waals surface area contributed by atoms with Crippen LogP contribution < -0.4 is 15.4 Å². The summed E-state index contributed by atoms with van der Waals surface area (Å²) in [5.41, 5.74) is 1.06. The van der Waals surface area contributed by atoms with Gasteiger partial charge in [-0.25, -0.2) is 0 Å². The van der Waals surface area contributed by atoms with Crippen molar-refractivity contribution in [2.75, 3.05) is 39.3 Å². The van der Waals surface area contributed by atoms with Gasteiger partial charge in [-0.2, -0.15) is 0 Å². The number of rotatable bonds is 7. The first kappa shape index (κ1) is 16.8. The van der Waals surface area contributed by atoms with Crippen LogP contribution in [-0.4, -0.2) is 50.1 Å². The zero-order chi connectivity index (χ0) is 15.8. The molecule has 0 aromatic heterocycles. The molecule has 1 saturated heterocycles. The van der Waals surface area contributed by atoms with Crippen LogP contribution in [-0.2, 0) is 4.79 Å². The van der Waals surface area contributed by atoms with Crippen molar-refractivity contribution in [1.82, 2.24) is 15.5 Å². The molecule has 5 nitrogen and oxygen atoms in total. The summed E-state index contributed by atoms with van der Waals surface area (Å²) < 4.78 is 5.68. The standard InChI is InChI=1S/C17H27N3O2/c1-3-15(14-7-5-6-8-16(14)22-4-2)19-17(21)13-20-11-9-18-10-12-20/h5-8,15,18H,3-4,9-13H2,1-2H3,(H,19,21). The van der Waals surface area contributed by atoms with E-state index in [1.165, 1.54) is 0 Å². The summed E-state index contributed by atoms with van der Waals surface area (Å²) in [5, 5.41) is 6.45. The lowest BCUT2D eigenvalue weighted by Gasteiger charge is -2.27. The molecule has 1 unspecified atom stereocenters. The number of carbonyl (C=O) groups is 1. The molecule has 0 radical (unpaired) electrons. The van der Waals surface area contributed by atoms with E-state index in [4.69, 9.17) is 4.74 Å². The van der Waals surface area contributed by atoms with Gasteiger partial charge in [-0.1, -0.05) is 25.1 Å². The molecule has 2 N–H and O–H groups in total. The third kappa shape index (κ3) is 4.71. The Balaban J connectivity index is 1.97. The van der Waals surface area contributed by atoms with Crippen LogP contribution in [0.3, 0.4) is 0 Å². The fourth-order valence-corrected chi connectivity index (χ4v) is 2.77. The van der Waals surface area contributed by atoms with Crippen molar-refractivity contribution >= 4 is 5.91 Å². The summed E-state index contributed by atoms with van der Waals surface area (Å²) >= 11 is 0. The van der Waals surface area contributed by atoms with E-state index < -0.39 is 0 Å². The molecule has 0 bridgehead atoms. The Morgan fingerprint density at radius 2 is 2.05 bits per heavy atom. The minimum absolute atomic E-state index is 0.00170. The third-order valence-electron chi connectivity index (χ3n) is 3.91. The maximum atomic E-state index is 12.3. The first-order valence-corrected chi connectivity index (χ1v) is 8.18. The number of para-hydroxylation sites is 1. The van der Waals surface area contributed by atoms with Crippen molar-refractivity contribution in [2.24, 2.45) is 0 Å². The Labute approximate surface area is 133 Å². The number of hydrogen-bond acceptors (Lipinski definition) is 4. The molecule has 0 aliphatic carbocycles. The SMILES string of the molecule is CCOc1ccccc1C(CC)NC(=O)CN1CCNCC1. The molecular weight excluding hydrogens is 278 g/mol. The summed E-state index contributed by atoms with van der Waals surface area (Å²) in [7, 11) is 0. The molecule has 0 spiro atoms. The molecule has 1 aromatic carbocycles. The largest absolute Gasteiger partial charge is 0.494 e. The minimum Gasteiger partial charge on any atom is -0.494 e. The number of nitrogens with one attached hydrogen (secondary N) is 2. The van der Waals surface area contributed by atoms with Gasteiger partial charge in [0.25, 0.3) is 0 Å². The van der Waals surface area contributed by atoms with Crippen LogP contribution in [0, 0.1) is 0 Å². The number of hydrogen-bond donors (Lipinski definition) is 2. The van der Waals surface area contributed by atoms with Gasteiger partial charge in [-0.3, -0.25) is 9.69 Å². The molecule has 1 aliphatic heterocycles. The van der Waals surface area contributed by atoms with E-state index in [0.717, 1.165) is 43.9 Å². The molecule has 122 valence electrons. The highest BCUT2D eigenvalue weighted by atomic mass is 16.5. The molecule has 1 atom stereocenters. The highest BCUT2D eigenvalue weighted by Gasteiger charge is 2.19. The Bertz CT molecular complexity index is 473. The molecule has 1 fully saturated rings. The number of nitrogens with zero attached hydrogens (tertiary/aromatic N) is 1. The zero-order valence-corrected chi connectivity index (χ0v) is 13.6. The minimum atomic E-state index is -0.00170. The average Bonchev–Trinajstić information content (AvgIpc) is 2.54. The fourth-order valence-electron chi connectivity index (χ4n) is 2.77. The van der Waals surface area contributed by atoms with Crippen LogP contribution in [0.4, 0.5) is 0 Å². The lowest BCUT2D eigenvalue weighted by molar-refractivity contribution is -0.123. The first-order chi connectivity index (χ1) is 10.7. The molecular formula is C17H27N3O2. The molecule has 0 saturated carbocycles. The van der Waals surface area contributed by atoms with Gasteiger partial charge in [0.2, 0.25) is 5.91 Å². The van der Waals surface area contributed by atoms with E-state index >= 15 is 0 Å². The van der Waals surface area contributed by atoms with Crippen molar-refractivity contribution in [2.45, 2.75) is 26.3 Å². The number of amides is 1. The van der Waals surface area contributed by atoms with E-state index in [9.17, 15) is 4.79 Å². The predicted octanol–water partition coefficient (Wildman–Crippen LogP) is 1.56. The Morgan fingerprint density at radius 3 is 2.73 bits per heavy atom. The van der Waals surface area contributed by atoms with E-state index in [1.54, 1.807) is 0 Å². The molecule has 1 aliphatic rings. The molecule has 2 rings (SSSR count). The van der Waals surface area contributed by atoms with Crippen LogP contribution >= 0.6 is 0 Å². The van der Waals surface area contributed by atoms with Crippen molar-refractivity contribution in [3.05, 3.63) is 29.8 Å². The van der Waals surface area contributed by atoms with Crippen molar-refractivity contribution < 1.29 is 9.53 Å². The van der Waals surface area contributed by atoms with Gasteiger partial charge in [0.1, 0.15) is 5.75 Å². The zero-order valence-electron chi connectivity index (χ0n) is 13.6. The molecule has 22 heavy (non-hydrogen) atoms. The van der Waals surface area contributed by atoms with Crippen LogP contribution in [0.1, 0.15) is 31.9 Å². The Kier molecular flexibility index (Phi) is 6.68. The number of benzene rings is 1. The first-order valence-electron chi connectivity index (χ1n) is 8.18. The van der Waals surface area contributed by atoms with Crippen molar-refractivity contribution in [3.8, 4) is 5.75 Å². The smallest absolute Gasteiger partial charge is 0.234 e. The average molecular weight is 305 g/mol. The van der Waals surface area contributed by atoms with Crippen LogP contribution in [0.25, 0.3) is 0 Å². The molecule has 5 heteroatoms. The Hall–Kier alpha value is -1.59. The van der Waals surface area contributed by atoms with Crippen LogP contribution in [0.5, 0.6) is 5.75 Å².